The summed E-state index contributed by atoms with van der Waals surface area (Å²) >= 11 is 6.32. The Morgan fingerprint density at radius 1 is 1.00 bits per heavy atom. The maximum Gasteiger partial charge on any atom is 0.573 e. The van der Waals surface area contributed by atoms with Crippen molar-refractivity contribution >= 4 is 37.9 Å². The normalized spacial score (nSPS) is 11.0. The van der Waals surface area contributed by atoms with Crippen LogP contribution in [-0.2, 0) is 6.61 Å². The van der Waals surface area contributed by atoms with Crippen molar-refractivity contribution in [2.75, 3.05) is 0 Å². The molecule has 0 aromatic heterocycles. The van der Waals surface area contributed by atoms with Crippen molar-refractivity contribution in [3.05, 3.63) is 63.0 Å². The summed E-state index contributed by atoms with van der Waals surface area (Å²) in [7, 11) is 0. The van der Waals surface area contributed by atoms with Crippen LogP contribution < -0.4 is 9.47 Å². The van der Waals surface area contributed by atoms with E-state index in [2.05, 4.69) is 36.6 Å². The monoisotopic (exact) mass is 450 g/mol. The van der Waals surface area contributed by atoms with Crippen LogP contribution in [0.4, 0.5) is 13.2 Å². The summed E-state index contributed by atoms with van der Waals surface area (Å²) < 4.78 is 47.8. The Balaban J connectivity index is 2.24. The molecule has 2 rings (SSSR count). The molecule has 122 valence electrons. The van der Waals surface area contributed by atoms with E-state index in [0.29, 0.717) is 8.96 Å². The average molecular weight is 452 g/mol. The Labute approximate surface area is 148 Å². The van der Waals surface area contributed by atoms with Crippen molar-refractivity contribution in [3.63, 3.8) is 0 Å². The maximum absolute atomic E-state index is 12.6. The molecule has 23 heavy (non-hydrogen) atoms. The van der Waals surface area contributed by atoms with Gasteiger partial charge in [0, 0.05) is 0 Å². The van der Waals surface area contributed by atoms with Gasteiger partial charge in [-0.05, 0) is 61.2 Å². The second-order valence-electron chi connectivity index (χ2n) is 4.46. The first-order valence-corrected chi connectivity index (χ1v) is 8.01. The van der Waals surface area contributed by atoms with E-state index in [0.717, 1.165) is 5.56 Å². The van der Waals surface area contributed by atoms with E-state index in [4.69, 9.17) is 4.74 Å². The molecule has 0 amide bonds. The van der Waals surface area contributed by atoms with Gasteiger partial charge in [-0.2, -0.15) is 0 Å². The van der Waals surface area contributed by atoms with Gasteiger partial charge in [-0.3, -0.25) is 0 Å². The van der Waals surface area contributed by atoms with Gasteiger partial charge in [-0.1, -0.05) is 36.4 Å². The van der Waals surface area contributed by atoms with Gasteiger partial charge < -0.3 is 9.47 Å². The molecule has 0 aliphatic carbocycles. The predicted octanol–water partition coefficient (Wildman–Crippen LogP) is 6.25. The minimum atomic E-state index is -4.79. The highest BCUT2D eigenvalue weighted by Crippen LogP contribution is 2.34. The molecule has 0 spiro atoms. The molecule has 0 radical (unpaired) electrons. The molecule has 2 aromatic rings. The van der Waals surface area contributed by atoms with Crippen molar-refractivity contribution < 1.29 is 22.6 Å². The van der Waals surface area contributed by atoms with E-state index >= 15 is 0 Å². The molecule has 0 saturated carbocycles. The second-order valence-corrected chi connectivity index (χ2v) is 7.24. The lowest BCUT2D eigenvalue weighted by Crippen LogP contribution is -2.17. The Morgan fingerprint density at radius 2 is 1.70 bits per heavy atom. The van der Waals surface area contributed by atoms with Crippen molar-refractivity contribution in [2.24, 2.45) is 0 Å². The average Bonchev–Trinajstić information content (AvgIpc) is 2.45. The largest absolute Gasteiger partial charge is 0.573 e. The van der Waals surface area contributed by atoms with E-state index < -0.39 is 6.36 Å². The van der Waals surface area contributed by atoms with E-state index in [1.165, 1.54) is 12.1 Å². The summed E-state index contributed by atoms with van der Waals surface area (Å²) in [4.78, 5) is 0. The molecule has 0 atom stereocenters. The molecule has 0 fully saturated rings. The SMILES string of the molecule is FC(F)(F)Oc1cc(C=C(Br)Br)ccc1OCc1ccccc1. The molecule has 0 unspecified atom stereocenters. The van der Waals surface area contributed by atoms with Gasteiger partial charge in [0.15, 0.2) is 11.5 Å². The van der Waals surface area contributed by atoms with Crippen molar-refractivity contribution in [1.29, 1.82) is 0 Å². The number of alkyl halides is 3. The van der Waals surface area contributed by atoms with Crippen LogP contribution >= 0.6 is 31.9 Å². The van der Waals surface area contributed by atoms with Crippen LogP contribution in [0.5, 0.6) is 11.5 Å². The third-order valence-electron chi connectivity index (χ3n) is 2.71. The maximum atomic E-state index is 12.6. The summed E-state index contributed by atoms with van der Waals surface area (Å²) in [5.41, 5.74) is 1.37. The van der Waals surface area contributed by atoms with Gasteiger partial charge in [0.2, 0.25) is 0 Å². The smallest absolute Gasteiger partial charge is 0.485 e. The fourth-order valence-corrected chi connectivity index (χ4v) is 2.33. The first-order chi connectivity index (χ1) is 10.8. The third kappa shape index (κ3) is 6.27. The molecular formula is C16H11Br2F3O2. The minimum Gasteiger partial charge on any atom is -0.485 e. The van der Waals surface area contributed by atoms with Crippen LogP contribution in [0.2, 0.25) is 0 Å². The zero-order chi connectivity index (χ0) is 16.9. The van der Waals surface area contributed by atoms with Gasteiger partial charge in [0.25, 0.3) is 0 Å². The number of benzene rings is 2. The highest BCUT2D eigenvalue weighted by molar-refractivity contribution is 9.28. The lowest BCUT2D eigenvalue weighted by atomic mass is 10.2. The highest BCUT2D eigenvalue weighted by atomic mass is 79.9. The predicted molar refractivity (Wildman–Crippen MR) is 89.7 cm³/mol. The topological polar surface area (TPSA) is 18.5 Å². The van der Waals surface area contributed by atoms with Crippen molar-refractivity contribution in [1.82, 2.24) is 0 Å². The Hall–Kier alpha value is -1.47. The van der Waals surface area contributed by atoms with Crippen LogP contribution in [0.1, 0.15) is 11.1 Å². The number of hydrogen-bond acceptors (Lipinski definition) is 2. The van der Waals surface area contributed by atoms with Crippen LogP contribution in [0.15, 0.2) is 51.9 Å². The van der Waals surface area contributed by atoms with Gasteiger partial charge in [-0.15, -0.1) is 13.2 Å². The molecule has 0 heterocycles. The zero-order valence-corrected chi connectivity index (χ0v) is 14.8. The fraction of sp³-hybridized carbons (Fsp3) is 0.125. The van der Waals surface area contributed by atoms with Gasteiger partial charge in [-0.25, -0.2) is 0 Å². The quantitative estimate of drug-likeness (QED) is 0.534. The highest BCUT2D eigenvalue weighted by Gasteiger charge is 2.32. The summed E-state index contributed by atoms with van der Waals surface area (Å²) in [6.45, 7) is 0.145. The number of halogens is 5. The first-order valence-electron chi connectivity index (χ1n) is 6.43. The van der Waals surface area contributed by atoms with Crippen molar-refractivity contribution in [3.8, 4) is 11.5 Å². The molecule has 0 aliphatic rings. The molecule has 0 N–H and O–H groups in total. The second kappa shape index (κ2) is 7.88. The van der Waals surface area contributed by atoms with Crippen LogP contribution in [0.3, 0.4) is 0 Å². The van der Waals surface area contributed by atoms with Gasteiger partial charge in [0.05, 0.1) is 3.39 Å². The standard InChI is InChI=1S/C16H11Br2F3O2/c17-15(18)9-12-6-7-13(14(8-12)23-16(19,20)21)22-10-11-4-2-1-3-5-11/h1-9H,10H2. The van der Waals surface area contributed by atoms with E-state index in [9.17, 15) is 13.2 Å². The first kappa shape index (κ1) is 17.9. The Bertz CT molecular complexity index is 681. The Morgan fingerprint density at radius 3 is 2.30 bits per heavy atom. The lowest BCUT2D eigenvalue weighted by Gasteiger charge is -2.15. The van der Waals surface area contributed by atoms with Crippen molar-refractivity contribution in [2.45, 2.75) is 13.0 Å². The molecular weight excluding hydrogens is 441 g/mol. The Kier molecular flexibility index (Phi) is 6.12. The molecule has 7 heteroatoms. The lowest BCUT2D eigenvalue weighted by molar-refractivity contribution is -0.275. The number of hydrogen-bond donors (Lipinski definition) is 0. The summed E-state index contributed by atoms with van der Waals surface area (Å²) in [5.74, 6) is -0.363. The number of rotatable bonds is 5. The zero-order valence-electron chi connectivity index (χ0n) is 11.6. The third-order valence-corrected chi connectivity index (χ3v) is 3.16. The van der Waals surface area contributed by atoms with Crippen LogP contribution in [0.25, 0.3) is 6.08 Å². The van der Waals surface area contributed by atoms with Crippen LogP contribution in [0, 0.1) is 0 Å². The molecule has 0 bridgehead atoms. The van der Waals surface area contributed by atoms with Crippen LogP contribution in [-0.4, -0.2) is 6.36 Å². The molecule has 0 saturated heterocycles. The van der Waals surface area contributed by atoms with Gasteiger partial charge in [0.1, 0.15) is 6.61 Å². The van der Waals surface area contributed by atoms with E-state index in [1.54, 1.807) is 12.1 Å². The summed E-state index contributed by atoms with van der Waals surface area (Å²) in [6.07, 6.45) is -3.19. The fourth-order valence-electron chi connectivity index (χ4n) is 1.80. The van der Waals surface area contributed by atoms with E-state index in [-0.39, 0.29) is 18.1 Å². The minimum absolute atomic E-state index is 0.0222. The number of ether oxygens (including phenoxy) is 2. The molecule has 2 aromatic carbocycles. The summed E-state index contributed by atoms with van der Waals surface area (Å²) in [6, 6.07) is 13.5. The van der Waals surface area contributed by atoms with Gasteiger partial charge >= 0.3 is 6.36 Å². The van der Waals surface area contributed by atoms with E-state index in [1.807, 2.05) is 30.3 Å². The summed E-state index contributed by atoms with van der Waals surface area (Å²) in [5, 5.41) is 0. The molecule has 0 aliphatic heterocycles. The molecule has 2 nitrogen and oxygen atoms in total.